The topological polar surface area (TPSA) is 98.1 Å². The standard InChI is InChI=1S/C23H26N2O6S/c1-3-29-20-10-12-22(13-11-20)32(27,28)25(2)18-6-8-21(9-7-18)31-17-23(26)24-15-14-19-5-4-16-30-19/h4-13,16H,3,14-15,17H2,1-2H3,(H,24,26). The van der Waals surface area contributed by atoms with Crippen LogP contribution < -0.4 is 19.1 Å². The van der Waals surface area contributed by atoms with E-state index in [-0.39, 0.29) is 17.4 Å². The van der Waals surface area contributed by atoms with Gasteiger partial charge in [-0.25, -0.2) is 8.42 Å². The molecule has 0 aliphatic carbocycles. The number of anilines is 1. The molecule has 0 aliphatic heterocycles. The highest BCUT2D eigenvalue weighted by atomic mass is 32.2. The summed E-state index contributed by atoms with van der Waals surface area (Å²) in [5.41, 5.74) is 0.467. The lowest BCUT2D eigenvalue weighted by Gasteiger charge is -2.20. The van der Waals surface area contributed by atoms with Gasteiger partial charge in [0.1, 0.15) is 17.3 Å². The number of carbonyl (C=O) groups is 1. The van der Waals surface area contributed by atoms with Crippen LogP contribution in [0, 0.1) is 0 Å². The number of hydrogen-bond acceptors (Lipinski definition) is 6. The first-order valence-corrected chi connectivity index (χ1v) is 11.6. The van der Waals surface area contributed by atoms with E-state index in [1.54, 1.807) is 48.7 Å². The normalized spacial score (nSPS) is 11.1. The van der Waals surface area contributed by atoms with Crippen molar-refractivity contribution in [3.63, 3.8) is 0 Å². The maximum absolute atomic E-state index is 12.9. The number of rotatable bonds is 11. The van der Waals surface area contributed by atoms with Gasteiger partial charge in [0.05, 0.1) is 23.5 Å². The Kier molecular flexibility index (Phi) is 7.77. The van der Waals surface area contributed by atoms with Crippen LogP contribution in [0.25, 0.3) is 0 Å². The van der Waals surface area contributed by atoms with Crippen molar-refractivity contribution in [3.8, 4) is 11.5 Å². The van der Waals surface area contributed by atoms with Crippen molar-refractivity contribution in [2.75, 3.05) is 31.1 Å². The quantitative estimate of drug-likeness (QED) is 0.474. The number of nitrogens with zero attached hydrogens (tertiary/aromatic N) is 1. The molecule has 0 saturated carbocycles. The van der Waals surface area contributed by atoms with Gasteiger partial charge in [-0.3, -0.25) is 9.10 Å². The molecule has 0 bridgehead atoms. The lowest BCUT2D eigenvalue weighted by atomic mass is 10.3. The molecule has 0 atom stereocenters. The molecule has 9 heteroatoms. The van der Waals surface area contributed by atoms with E-state index in [0.29, 0.717) is 36.8 Å². The Morgan fingerprint density at radius 2 is 1.66 bits per heavy atom. The molecule has 0 radical (unpaired) electrons. The number of amides is 1. The molecule has 1 heterocycles. The molecule has 8 nitrogen and oxygen atoms in total. The summed E-state index contributed by atoms with van der Waals surface area (Å²) in [7, 11) is -2.25. The third kappa shape index (κ3) is 6.04. The molecule has 0 aliphatic rings. The first kappa shape index (κ1) is 23.2. The molecule has 0 unspecified atom stereocenters. The van der Waals surface area contributed by atoms with Crippen molar-refractivity contribution < 1.29 is 27.1 Å². The zero-order valence-corrected chi connectivity index (χ0v) is 18.8. The summed E-state index contributed by atoms with van der Waals surface area (Å²) in [6.45, 7) is 2.68. The molecule has 1 N–H and O–H groups in total. The van der Waals surface area contributed by atoms with Crippen molar-refractivity contribution in [3.05, 3.63) is 72.7 Å². The SMILES string of the molecule is CCOc1ccc(S(=O)(=O)N(C)c2ccc(OCC(=O)NCCc3ccco3)cc2)cc1. The van der Waals surface area contributed by atoms with Gasteiger partial charge in [0.15, 0.2) is 6.61 Å². The van der Waals surface area contributed by atoms with E-state index in [1.807, 2.05) is 13.0 Å². The average molecular weight is 459 g/mol. The third-order valence-electron chi connectivity index (χ3n) is 4.64. The molecule has 1 amide bonds. The fraction of sp³-hybridized carbons (Fsp3) is 0.261. The summed E-state index contributed by atoms with van der Waals surface area (Å²) < 4.78 is 43.0. The second-order valence-corrected chi connectivity index (χ2v) is 8.81. The largest absolute Gasteiger partial charge is 0.494 e. The first-order valence-electron chi connectivity index (χ1n) is 10.1. The van der Waals surface area contributed by atoms with Gasteiger partial charge in [0.25, 0.3) is 15.9 Å². The van der Waals surface area contributed by atoms with Crippen molar-refractivity contribution in [2.24, 2.45) is 0 Å². The summed E-state index contributed by atoms with van der Waals surface area (Å²) >= 11 is 0. The highest BCUT2D eigenvalue weighted by Gasteiger charge is 2.21. The van der Waals surface area contributed by atoms with Crippen molar-refractivity contribution in [2.45, 2.75) is 18.2 Å². The van der Waals surface area contributed by atoms with E-state index in [4.69, 9.17) is 13.9 Å². The molecule has 32 heavy (non-hydrogen) atoms. The second-order valence-electron chi connectivity index (χ2n) is 6.84. The maximum Gasteiger partial charge on any atom is 0.264 e. The van der Waals surface area contributed by atoms with Gasteiger partial charge in [-0.2, -0.15) is 0 Å². The highest BCUT2D eigenvalue weighted by Crippen LogP contribution is 2.25. The number of ether oxygens (including phenoxy) is 2. The Morgan fingerprint density at radius 3 is 2.28 bits per heavy atom. The summed E-state index contributed by atoms with van der Waals surface area (Å²) in [6, 6.07) is 16.4. The third-order valence-corrected chi connectivity index (χ3v) is 6.44. The molecular formula is C23H26N2O6S. The van der Waals surface area contributed by atoms with E-state index in [1.165, 1.54) is 23.5 Å². The predicted octanol–water partition coefficient (Wildman–Crippen LogP) is 3.24. The molecule has 0 spiro atoms. The second kappa shape index (κ2) is 10.7. The van der Waals surface area contributed by atoms with Crippen LogP contribution in [-0.4, -0.2) is 41.1 Å². The van der Waals surface area contributed by atoms with Gasteiger partial charge in [-0.1, -0.05) is 0 Å². The molecular weight excluding hydrogens is 432 g/mol. The van der Waals surface area contributed by atoms with E-state index in [0.717, 1.165) is 5.76 Å². The molecule has 2 aromatic carbocycles. The van der Waals surface area contributed by atoms with Crippen LogP contribution in [-0.2, 0) is 21.2 Å². The Bertz CT molecular complexity index is 1090. The summed E-state index contributed by atoms with van der Waals surface area (Å²) in [5, 5.41) is 2.75. The number of benzene rings is 2. The number of nitrogens with one attached hydrogen (secondary N) is 1. The van der Waals surface area contributed by atoms with Crippen molar-refractivity contribution >= 4 is 21.6 Å². The summed E-state index contributed by atoms with van der Waals surface area (Å²) in [4.78, 5) is 12.1. The number of furan rings is 1. The fourth-order valence-corrected chi connectivity index (χ4v) is 4.10. The molecule has 3 aromatic rings. The van der Waals surface area contributed by atoms with Crippen molar-refractivity contribution in [1.82, 2.24) is 5.32 Å². The van der Waals surface area contributed by atoms with Crippen LogP contribution in [0.4, 0.5) is 5.69 Å². The van der Waals surface area contributed by atoms with Crippen molar-refractivity contribution in [1.29, 1.82) is 0 Å². The zero-order valence-electron chi connectivity index (χ0n) is 18.0. The molecule has 170 valence electrons. The minimum absolute atomic E-state index is 0.141. The Hall–Kier alpha value is -3.46. The van der Waals surface area contributed by atoms with E-state index in [9.17, 15) is 13.2 Å². The highest BCUT2D eigenvalue weighted by molar-refractivity contribution is 7.92. The van der Waals surface area contributed by atoms with Crippen LogP contribution in [0.3, 0.4) is 0 Å². The smallest absolute Gasteiger partial charge is 0.264 e. The number of hydrogen-bond donors (Lipinski definition) is 1. The van der Waals surface area contributed by atoms with E-state index >= 15 is 0 Å². The molecule has 0 saturated heterocycles. The zero-order chi connectivity index (χ0) is 23.0. The minimum atomic E-state index is -3.73. The monoisotopic (exact) mass is 458 g/mol. The Balaban J connectivity index is 1.53. The maximum atomic E-state index is 12.9. The number of sulfonamides is 1. The van der Waals surface area contributed by atoms with Crippen LogP contribution in [0.2, 0.25) is 0 Å². The lowest BCUT2D eigenvalue weighted by molar-refractivity contribution is -0.123. The lowest BCUT2D eigenvalue weighted by Crippen LogP contribution is -2.30. The van der Waals surface area contributed by atoms with Crippen LogP contribution >= 0.6 is 0 Å². The van der Waals surface area contributed by atoms with Gasteiger partial charge in [-0.05, 0) is 67.6 Å². The van der Waals surface area contributed by atoms with E-state index < -0.39 is 10.0 Å². The number of carbonyl (C=O) groups excluding carboxylic acids is 1. The minimum Gasteiger partial charge on any atom is -0.494 e. The van der Waals surface area contributed by atoms with Crippen LogP contribution in [0.1, 0.15) is 12.7 Å². The van der Waals surface area contributed by atoms with Gasteiger partial charge < -0.3 is 19.2 Å². The predicted molar refractivity (Wildman–Crippen MR) is 121 cm³/mol. The molecule has 3 rings (SSSR count). The molecule has 1 aromatic heterocycles. The van der Waals surface area contributed by atoms with Crippen LogP contribution in [0.5, 0.6) is 11.5 Å². The Morgan fingerprint density at radius 1 is 1.00 bits per heavy atom. The Labute approximate surface area is 187 Å². The fourth-order valence-electron chi connectivity index (χ4n) is 2.90. The van der Waals surface area contributed by atoms with Crippen LogP contribution in [0.15, 0.2) is 76.2 Å². The molecule has 0 fully saturated rings. The van der Waals surface area contributed by atoms with Gasteiger partial charge >= 0.3 is 0 Å². The van der Waals surface area contributed by atoms with Gasteiger partial charge in [0.2, 0.25) is 0 Å². The first-order chi connectivity index (χ1) is 15.4. The average Bonchev–Trinajstić information content (AvgIpc) is 3.32. The van der Waals surface area contributed by atoms with Gasteiger partial charge in [0, 0.05) is 20.0 Å². The summed E-state index contributed by atoms with van der Waals surface area (Å²) in [6.07, 6.45) is 2.19. The van der Waals surface area contributed by atoms with E-state index in [2.05, 4.69) is 5.32 Å². The summed E-state index contributed by atoms with van der Waals surface area (Å²) in [5.74, 6) is 1.62. The van der Waals surface area contributed by atoms with Gasteiger partial charge in [-0.15, -0.1) is 0 Å².